The van der Waals surface area contributed by atoms with E-state index in [0.717, 1.165) is 51.4 Å². The van der Waals surface area contributed by atoms with Crippen LogP contribution in [0.25, 0.3) is 0 Å². The van der Waals surface area contributed by atoms with E-state index in [1.54, 1.807) is 0 Å². The van der Waals surface area contributed by atoms with Crippen molar-refractivity contribution in [3.63, 3.8) is 0 Å². The number of allylic oxidation sites excluding steroid dienone is 6. The van der Waals surface area contributed by atoms with Crippen molar-refractivity contribution >= 4 is 19.7 Å². The fraction of sp³-hybridized carbons (Fsp3) is 0.822. The Morgan fingerprint density at radius 3 is 1.51 bits per heavy atom. The van der Waals surface area contributed by atoms with E-state index >= 15 is 0 Å². The number of carbonyl (C=O) groups excluding carboxylic acids is 2. The molecule has 10 heteroatoms. The second-order valence-electron chi connectivity index (χ2n) is 15.0. The molecule has 0 aromatic heterocycles. The minimum atomic E-state index is -4.41. The van der Waals surface area contributed by atoms with Crippen molar-refractivity contribution in [1.29, 1.82) is 0 Å². The van der Waals surface area contributed by atoms with Gasteiger partial charge in [0.15, 0.2) is 0 Å². The highest BCUT2D eigenvalue weighted by atomic mass is 31.2. The molecule has 0 rings (SSSR count). The molecule has 3 N–H and O–H groups in total. The number of aliphatic hydroxyl groups excluding tert-OH is 1. The summed E-state index contributed by atoms with van der Waals surface area (Å²) in [5.74, 6) is -0.518. The van der Waals surface area contributed by atoms with Crippen molar-refractivity contribution < 1.29 is 37.9 Å². The van der Waals surface area contributed by atoms with E-state index < -0.39 is 26.5 Å². The molecule has 1 amide bonds. The van der Waals surface area contributed by atoms with Crippen molar-refractivity contribution in [2.24, 2.45) is 0 Å². The van der Waals surface area contributed by atoms with Crippen LogP contribution in [0.4, 0.5) is 0 Å². The summed E-state index contributed by atoms with van der Waals surface area (Å²) < 4.78 is 26.9. The Labute approximate surface area is 337 Å². The van der Waals surface area contributed by atoms with E-state index in [1.807, 2.05) is 0 Å². The molecular weight excluding hydrogens is 713 g/mol. The Balaban J connectivity index is 3.57. The molecule has 322 valence electrons. The predicted octanol–water partition coefficient (Wildman–Crippen LogP) is 12.6. The fourth-order valence-corrected chi connectivity index (χ4v) is 6.91. The first-order valence-electron chi connectivity index (χ1n) is 22.5. The monoisotopic (exact) mass is 798 g/mol. The molecule has 0 bridgehead atoms. The highest BCUT2D eigenvalue weighted by Gasteiger charge is 2.23. The molecule has 0 aromatic rings. The van der Waals surface area contributed by atoms with Crippen molar-refractivity contribution in [1.82, 2.24) is 5.32 Å². The van der Waals surface area contributed by atoms with Crippen LogP contribution in [0.15, 0.2) is 36.5 Å². The third-order valence-electron chi connectivity index (χ3n) is 9.57. The molecule has 0 aliphatic rings. The number of aliphatic hydroxyl groups is 1. The zero-order chi connectivity index (χ0) is 40.3. The van der Waals surface area contributed by atoms with Crippen LogP contribution >= 0.6 is 7.82 Å². The number of amides is 1. The zero-order valence-corrected chi connectivity index (χ0v) is 36.3. The molecule has 0 aliphatic carbocycles. The van der Waals surface area contributed by atoms with Crippen LogP contribution in [0.2, 0.25) is 0 Å². The number of rotatable bonds is 42. The van der Waals surface area contributed by atoms with E-state index in [9.17, 15) is 24.2 Å². The number of phosphoric acid groups is 1. The molecule has 2 atom stereocenters. The molecule has 0 saturated carbocycles. The number of nitrogens with one attached hydrogen (secondary N) is 1. The number of esters is 1. The minimum absolute atomic E-state index is 0.0834. The summed E-state index contributed by atoms with van der Waals surface area (Å²) in [6, 6.07) is 0. The number of hydrogen-bond acceptors (Lipinski definition) is 7. The van der Waals surface area contributed by atoms with Gasteiger partial charge in [-0.25, -0.2) is 4.57 Å². The van der Waals surface area contributed by atoms with Gasteiger partial charge >= 0.3 is 13.8 Å². The standard InChI is InChI=1S/C45H84NO8P/c1-3-5-7-9-11-13-15-16-17-18-19-20-21-22-23-24-25-26-28-30-32-34-36-38-45(49)52-41-43(47)42-54-55(50,51)53-40-39-46-44(48)37-35-33-31-29-27-14-12-10-8-6-4-2/h11,13,16-17,19-20,43,47H,3-10,12,14-15,18,21-42H2,1-2H3,(H,46,48)(H,50,51)/b13-11-,17-16-,20-19-. The Bertz CT molecular complexity index is 1000. The summed E-state index contributed by atoms with van der Waals surface area (Å²) in [5.41, 5.74) is 0. The number of unbranched alkanes of at least 4 members (excludes halogenated alkanes) is 23. The summed E-state index contributed by atoms with van der Waals surface area (Å²) in [4.78, 5) is 33.9. The zero-order valence-electron chi connectivity index (χ0n) is 35.4. The Hall–Kier alpha value is -1.77. The van der Waals surface area contributed by atoms with Gasteiger partial charge < -0.3 is 20.1 Å². The minimum Gasteiger partial charge on any atom is -0.463 e. The van der Waals surface area contributed by atoms with Crippen molar-refractivity contribution in [2.45, 2.75) is 213 Å². The van der Waals surface area contributed by atoms with Crippen LogP contribution in [0.1, 0.15) is 206 Å². The van der Waals surface area contributed by atoms with Crippen LogP contribution in [-0.2, 0) is 27.9 Å². The number of hydrogen-bond donors (Lipinski definition) is 3. The maximum Gasteiger partial charge on any atom is 0.472 e. The van der Waals surface area contributed by atoms with Gasteiger partial charge in [-0.3, -0.25) is 18.6 Å². The summed E-state index contributed by atoms with van der Waals surface area (Å²) in [5, 5.41) is 12.7. The van der Waals surface area contributed by atoms with Gasteiger partial charge in [0.1, 0.15) is 12.7 Å². The first-order valence-corrected chi connectivity index (χ1v) is 24.0. The molecule has 0 aliphatic heterocycles. The summed E-state index contributed by atoms with van der Waals surface area (Å²) in [6.07, 6.45) is 46.5. The highest BCUT2D eigenvalue weighted by Crippen LogP contribution is 2.42. The SMILES string of the molecule is CCCCC/C=C\C/C=C\C/C=C\CCCCCCCCCCCCC(=O)OCC(O)COP(=O)(O)OCCNC(=O)CCCCCCCCCCCCC. The second-order valence-corrected chi connectivity index (χ2v) is 16.5. The van der Waals surface area contributed by atoms with Crippen LogP contribution in [0.3, 0.4) is 0 Å². The smallest absolute Gasteiger partial charge is 0.463 e. The lowest BCUT2D eigenvalue weighted by Crippen LogP contribution is -2.27. The van der Waals surface area contributed by atoms with Crippen LogP contribution in [0.5, 0.6) is 0 Å². The fourth-order valence-electron chi connectivity index (χ4n) is 6.15. The maximum absolute atomic E-state index is 12.1. The number of ether oxygens (including phenoxy) is 1. The molecule has 0 fully saturated rings. The van der Waals surface area contributed by atoms with Gasteiger partial charge in [0.05, 0.1) is 13.2 Å². The predicted molar refractivity (Wildman–Crippen MR) is 229 cm³/mol. The third kappa shape index (κ3) is 43.2. The van der Waals surface area contributed by atoms with Gasteiger partial charge in [-0.05, 0) is 51.4 Å². The lowest BCUT2D eigenvalue weighted by atomic mass is 10.1. The second kappa shape index (κ2) is 41.9. The molecule has 55 heavy (non-hydrogen) atoms. The first kappa shape index (κ1) is 53.2. The lowest BCUT2D eigenvalue weighted by molar-refractivity contribution is -0.147. The number of phosphoric ester groups is 1. The molecule has 0 heterocycles. The summed E-state index contributed by atoms with van der Waals surface area (Å²) in [7, 11) is -4.41. The molecule has 0 radical (unpaired) electrons. The topological polar surface area (TPSA) is 131 Å². The molecule has 0 saturated heterocycles. The Kier molecular flexibility index (Phi) is 40.5. The molecule has 2 unspecified atom stereocenters. The van der Waals surface area contributed by atoms with E-state index in [2.05, 4.69) is 55.6 Å². The van der Waals surface area contributed by atoms with Gasteiger partial charge in [0, 0.05) is 19.4 Å². The van der Waals surface area contributed by atoms with Gasteiger partial charge in [-0.2, -0.15) is 0 Å². The molecular formula is C45H84NO8P. The molecule has 0 spiro atoms. The van der Waals surface area contributed by atoms with Gasteiger partial charge in [0.2, 0.25) is 5.91 Å². The van der Waals surface area contributed by atoms with Gasteiger partial charge in [-0.15, -0.1) is 0 Å². The Morgan fingerprint density at radius 2 is 0.982 bits per heavy atom. The van der Waals surface area contributed by atoms with Crippen LogP contribution in [-0.4, -0.2) is 54.3 Å². The van der Waals surface area contributed by atoms with Gasteiger partial charge in [-0.1, -0.05) is 179 Å². The van der Waals surface area contributed by atoms with Crippen LogP contribution in [0, 0.1) is 0 Å². The number of carbonyl (C=O) groups is 2. The highest BCUT2D eigenvalue weighted by molar-refractivity contribution is 7.47. The lowest BCUT2D eigenvalue weighted by Gasteiger charge is -2.15. The maximum atomic E-state index is 12.1. The van der Waals surface area contributed by atoms with Crippen molar-refractivity contribution in [3.8, 4) is 0 Å². The largest absolute Gasteiger partial charge is 0.472 e. The average Bonchev–Trinajstić information content (AvgIpc) is 3.17. The van der Waals surface area contributed by atoms with E-state index in [4.69, 9.17) is 13.8 Å². The van der Waals surface area contributed by atoms with E-state index in [1.165, 1.54) is 128 Å². The van der Waals surface area contributed by atoms with Crippen LogP contribution < -0.4 is 5.32 Å². The molecule has 0 aromatic carbocycles. The summed E-state index contributed by atoms with van der Waals surface area (Å²) >= 11 is 0. The third-order valence-corrected chi connectivity index (χ3v) is 10.6. The first-order chi connectivity index (χ1) is 26.8. The van der Waals surface area contributed by atoms with E-state index in [-0.39, 0.29) is 32.1 Å². The van der Waals surface area contributed by atoms with Gasteiger partial charge in [0.25, 0.3) is 0 Å². The normalized spacial score (nSPS) is 13.6. The quantitative estimate of drug-likeness (QED) is 0.0241. The molecule has 9 nitrogen and oxygen atoms in total. The van der Waals surface area contributed by atoms with Crippen molar-refractivity contribution in [3.05, 3.63) is 36.5 Å². The van der Waals surface area contributed by atoms with E-state index in [0.29, 0.717) is 6.42 Å². The average molecular weight is 798 g/mol. The van der Waals surface area contributed by atoms with Crippen molar-refractivity contribution in [2.75, 3.05) is 26.4 Å². The Morgan fingerprint density at radius 1 is 0.564 bits per heavy atom. The summed E-state index contributed by atoms with van der Waals surface area (Å²) in [6.45, 7) is 3.52.